The summed E-state index contributed by atoms with van der Waals surface area (Å²) < 4.78 is 67.0. The van der Waals surface area contributed by atoms with Crippen molar-refractivity contribution in [2.24, 2.45) is 5.41 Å². The van der Waals surface area contributed by atoms with E-state index in [2.05, 4.69) is 0 Å². The number of halogens is 1. The Hall–Kier alpha value is -2.77. The first-order valence-corrected chi connectivity index (χ1v) is 14.3. The van der Waals surface area contributed by atoms with Gasteiger partial charge in [-0.25, -0.2) is 21.2 Å². The van der Waals surface area contributed by atoms with Gasteiger partial charge in [0, 0.05) is 5.41 Å². The molecule has 0 saturated carbocycles. The molecule has 4 rings (SSSR count). The summed E-state index contributed by atoms with van der Waals surface area (Å²) in [4.78, 5) is 0.362. The van der Waals surface area contributed by atoms with Crippen molar-refractivity contribution in [2.75, 3.05) is 11.5 Å². The Morgan fingerprint density at radius 2 is 1.15 bits per heavy atom. The summed E-state index contributed by atoms with van der Waals surface area (Å²) >= 11 is 0. The van der Waals surface area contributed by atoms with Crippen LogP contribution in [-0.2, 0) is 19.7 Å². The van der Waals surface area contributed by atoms with Crippen molar-refractivity contribution in [2.45, 2.75) is 36.5 Å². The predicted molar refractivity (Wildman–Crippen MR) is 133 cm³/mol. The average Bonchev–Trinajstić information content (AvgIpc) is 3.17. The first-order chi connectivity index (χ1) is 16.0. The van der Waals surface area contributed by atoms with Crippen LogP contribution < -0.4 is 0 Å². The van der Waals surface area contributed by atoms with E-state index in [4.69, 9.17) is 0 Å². The van der Waals surface area contributed by atoms with E-state index < -0.39 is 25.1 Å². The molecule has 0 bridgehead atoms. The highest BCUT2D eigenvalue weighted by atomic mass is 32.2. The second-order valence-corrected chi connectivity index (χ2v) is 13.2. The molecular weight excluding hydrogens is 471 g/mol. The molecule has 1 aliphatic carbocycles. The fraction of sp³-hybridized carbons (Fsp3) is 0.259. The molecule has 3 aromatic carbocycles. The van der Waals surface area contributed by atoms with Crippen LogP contribution in [0.25, 0.3) is 5.57 Å². The van der Waals surface area contributed by atoms with Gasteiger partial charge in [-0.15, -0.1) is 0 Å². The van der Waals surface area contributed by atoms with Crippen LogP contribution in [0.2, 0.25) is 0 Å². The smallest absolute Gasteiger partial charge is 0.178 e. The van der Waals surface area contributed by atoms with E-state index in [1.807, 2.05) is 19.9 Å². The maximum Gasteiger partial charge on any atom is 0.178 e. The minimum Gasteiger partial charge on any atom is -0.224 e. The first kappa shape index (κ1) is 24.4. The summed E-state index contributed by atoms with van der Waals surface area (Å²) in [7, 11) is -7.50. The molecule has 0 aliphatic heterocycles. The molecule has 0 spiro atoms. The highest BCUT2D eigenvalue weighted by Gasteiger charge is 2.43. The molecule has 3 aromatic rings. The Balaban J connectivity index is 1.70. The molecule has 0 unspecified atom stereocenters. The van der Waals surface area contributed by atoms with Crippen LogP contribution in [0.1, 0.15) is 29.5 Å². The van der Waals surface area contributed by atoms with Crippen LogP contribution in [-0.4, -0.2) is 28.3 Å². The van der Waals surface area contributed by atoms with Crippen LogP contribution in [0, 0.1) is 25.1 Å². The van der Waals surface area contributed by atoms with Crippen molar-refractivity contribution in [1.29, 1.82) is 0 Å². The van der Waals surface area contributed by atoms with Gasteiger partial charge in [-0.1, -0.05) is 53.6 Å². The normalized spacial score (nSPS) is 15.8. The summed E-state index contributed by atoms with van der Waals surface area (Å²) in [6.45, 7) is 3.75. The van der Waals surface area contributed by atoms with E-state index in [0.717, 1.165) is 22.3 Å². The molecule has 0 atom stereocenters. The van der Waals surface area contributed by atoms with Crippen molar-refractivity contribution in [3.8, 4) is 0 Å². The van der Waals surface area contributed by atoms with Gasteiger partial charge in [-0.2, -0.15) is 0 Å². The van der Waals surface area contributed by atoms with Crippen molar-refractivity contribution in [3.63, 3.8) is 0 Å². The Kier molecular flexibility index (Phi) is 6.53. The third-order valence-electron chi connectivity index (χ3n) is 6.31. The Labute approximate surface area is 201 Å². The molecule has 7 heteroatoms. The summed E-state index contributed by atoms with van der Waals surface area (Å²) in [5, 5.41) is 0. The van der Waals surface area contributed by atoms with Gasteiger partial charge >= 0.3 is 0 Å². The van der Waals surface area contributed by atoms with Gasteiger partial charge in [0.1, 0.15) is 5.82 Å². The maximum atomic E-state index is 13.4. The maximum absolute atomic E-state index is 13.4. The second-order valence-electron chi connectivity index (χ2n) is 9.26. The number of benzene rings is 3. The lowest BCUT2D eigenvalue weighted by Crippen LogP contribution is -2.35. The topological polar surface area (TPSA) is 68.3 Å². The summed E-state index contributed by atoms with van der Waals surface area (Å²) in [6.07, 6.45) is 2.47. The number of hydrogen-bond acceptors (Lipinski definition) is 4. The highest BCUT2D eigenvalue weighted by molar-refractivity contribution is 7.92. The molecule has 0 amide bonds. The fourth-order valence-electron chi connectivity index (χ4n) is 4.50. The average molecular weight is 499 g/mol. The zero-order chi connectivity index (χ0) is 24.6. The summed E-state index contributed by atoms with van der Waals surface area (Å²) in [6, 6.07) is 19.2. The van der Waals surface area contributed by atoms with Crippen molar-refractivity contribution in [1.82, 2.24) is 0 Å². The number of sulfone groups is 2. The van der Waals surface area contributed by atoms with E-state index in [0.29, 0.717) is 6.42 Å². The molecule has 178 valence electrons. The lowest BCUT2D eigenvalue weighted by molar-refractivity contribution is 0.400. The van der Waals surface area contributed by atoms with Crippen LogP contribution in [0.4, 0.5) is 4.39 Å². The predicted octanol–water partition coefficient (Wildman–Crippen LogP) is 5.55. The number of allylic oxidation sites excluding steroid dienone is 2. The standard InChI is InChI=1S/C27H27FO4S2/c1-20-3-11-25(12-4-20)33(29,30)18-27(19-34(31,32)26-13-5-21(2)6-14-26)16-15-23(17-27)22-7-9-24(28)10-8-22/h3-15H,16-19H2,1-2H3. The van der Waals surface area contributed by atoms with Crippen molar-refractivity contribution in [3.05, 3.63) is 101 Å². The van der Waals surface area contributed by atoms with E-state index in [1.165, 1.54) is 12.1 Å². The SMILES string of the molecule is Cc1ccc(S(=O)(=O)CC2(CS(=O)(=O)c3ccc(C)cc3)CC=C(c3ccc(F)cc3)C2)cc1. The minimum atomic E-state index is -3.75. The van der Waals surface area contributed by atoms with Gasteiger partial charge in [-0.3, -0.25) is 0 Å². The van der Waals surface area contributed by atoms with Gasteiger partial charge in [0.2, 0.25) is 0 Å². The van der Waals surface area contributed by atoms with Gasteiger partial charge in [0.05, 0.1) is 21.3 Å². The number of hydrogen-bond donors (Lipinski definition) is 0. The molecular formula is C27H27FO4S2. The van der Waals surface area contributed by atoms with Crippen LogP contribution in [0.15, 0.2) is 88.7 Å². The Morgan fingerprint density at radius 3 is 1.59 bits per heavy atom. The summed E-state index contributed by atoms with van der Waals surface area (Å²) in [5.74, 6) is -0.956. The van der Waals surface area contributed by atoms with E-state index in [-0.39, 0.29) is 33.5 Å². The monoisotopic (exact) mass is 498 g/mol. The van der Waals surface area contributed by atoms with Gasteiger partial charge in [0.25, 0.3) is 0 Å². The van der Waals surface area contributed by atoms with Gasteiger partial charge in [-0.05, 0) is 74.2 Å². The molecule has 0 heterocycles. The molecule has 0 radical (unpaired) electrons. The molecule has 0 fully saturated rings. The van der Waals surface area contributed by atoms with E-state index in [1.54, 1.807) is 60.7 Å². The largest absolute Gasteiger partial charge is 0.224 e. The third-order valence-corrected chi connectivity index (χ3v) is 10.3. The fourth-order valence-corrected chi connectivity index (χ4v) is 8.32. The number of aryl methyl sites for hydroxylation is 2. The molecule has 0 saturated heterocycles. The zero-order valence-electron chi connectivity index (χ0n) is 19.2. The van der Waals surface area contributed by atoms with Crippen LogP contribution in [0.5, 0.6) is 0 Å². The quantitative estimate of drug-likeness (QED) is 0.428. The highest BCUT2D eigenvalue weighted by Crippen LogP contribution is 2.45. The third kappa shape index (κ3) is 5.31. The molecule has 4 nitrogen and oxygen atoms in total. The molecule has 0 aromatic heterocycles. The van der Waals surface area contributed by atoms with Crippen molar-refractivity contribution < 1.29 is 21.2 Å². The summed E-state index contributed by atoms with van der Waals surface area (Å²) in [5.41, 5.74) is 2.45. The zero-order valence-corrected chi connectivity index (χ0v) is 20.8. The minimum absolute atomic E-state index is 0.181. The second kappa shape index (κ2) is 9.12. The van der Waals surface area contributed by atoms with Gasteiger partial charge in [0.15, 0.2) is 19.7 Å². The van der Waals surface area contributed by atoms with E-state index >= 15 is 0 Å². The number of rotatable bonds is 7. The Bertz CT molecular complexity index is 1340. The molecule has 34 heavy (non-hydrogen) atoms. The Morgan fingerprint density at radius 1 is 0.706 bits per heavy atom. The van der Waals surface area contributed by atoms with Crippen LogP contribution in [0.3, 0.4) is 0 Å². The molecule has 1 aliphatic rings. The van der Waals surface area contributed by atoms with E-state index in [9.17, 15) is 21.2 Å². The molecule has 0 N–H and O–H groups in total. The lowest BCUT2D eigenvalue weighted by atomic mass is 9.87. The first-order valence-electron chi connectivity index (χ1n) is 11.0. The van der Waals surface area contributed by atoms with Gasteiger partial charge < -0.3 is 0 Å². The van der Waals surface area contributed by atoms with Crippen LogP contribution >= 0.6 is 0 Å². The van der Waals surface area contributed by atoms with Crippen molar-refractivity contribution >= 4 is 25.2 Å². The lowest BCUT2D eigenvalue weighted by Gasteiger charge is -2.29.